The molecule has 9 nitrogen and oxygen atoms in total. The van der Waals surface area contributed by atoms with E-state index in [1.54, 1.807) is 0 Å². The molecule has 1 fully saturated rings. The molecule has 0 amide bonds. The van der Waals surface area contributed by atoms with Crippen LogP contribution in [0.4, 0.5) is 0 Å². The van der Waals surface area contributed by atoms with Gasteiger partial charge >= 0.3 is 0 Å². The first-order valence-electron chi connectivity index (χ1n) is 5.78. The zero-order chi connectivity index (χ0) is 14.4. The number of aromatic nitrogens is 4. The van der Waals surface area contributed by atoms with Crippen molar-refractivity contribution in [2.75, 3.05) is 6.61 Å². The first kappa shape index (κ1) is 13.6. The number of nitrogens with one attached hydrogen (secondary N) is 1. The van der Waals surface area contributed by atoms with Gasteiger partial charge in [-0.2, -0.15) is 5.10 Å². The monoisotopic (exact) mass is 346 g/mol. The molecule has 4 atom stereocenters. The number of fused-ring (bicyclic) bond motifs is 1. The lowest BCUT2D eigenvalue weighted by atomic mass is 10.1. The summed E-state index contributed by atoms with van der Waals surface area (Å²) < 4.78 is 6.82. The van der Waals surface area contributed by atoms with E-state index < -0.39 is 31.1 Å². The Morgan fingerprint density at radius 3 is 2.85 bits per heavy atom. The molecule has 20 heavy (non-hydrogen) atoms. The molecule has 4 N–H and O–H groups in total. The fraction of sp³-hybridized carbons (Fsp3) is 0.500. The van der Waals surface area contributed by atoms with Crippen LogP contribution in [-0.2, 0) is 4.74 Å². The predicted octanol–water partition coefficient (Wildman–Crippen LogP) is -1.51. The highest BCUT2D eigenvalue weighted by Gasteiger charge is 2.44. The van der Waals surface area contributed by atoms with Crippen molar-refractivity contribution >= 4 is 27.0 Å². The van der Waals surface area contributed by atoms with Crippen molar-refractivity contribution in [1.82, 2.24) is 19.7 Å². The van der Waals surface area contributed by atoms with Crippen LogP contribution in [0.25, 0.3) is 11.0 Å². The summed E-state index contributed by atoms with van der Waals surface area (Å²) in [5.41, 5.74) is -0.185. The van der Waals surface area contributed by atoms with Crippen LogP contribution in [0.2, 0.25) is 0 Å². The maximum Gasteiger partial charge on any atom is 0.263 e. The zero-order valence-corrected chi connectivity index (χ0v) is 11.6. The van der Waals surface area contributed by atoms with Gasteiger partial charge in [0.15, 0.2) is 11.9 Å². The lowest BCUT2D eigenvalue weighted by Gasteiger charge is -2.15. The number of hydrogen-bond acceptors (Lipinski definition) is 7. The Kier molecular flexibility index (Phi) is 3.34. The summed E-state index contributed by atoms with van der Waals surface area (Å²) >= 11 is 3.14. The second-order valence-corrected chi connectivity index (χ2v) is 5.15. The van der Waals surface area contributed by atoms with Crippen LogP contribution in [0.3, 0.4) is 0 Å². The lowest BCUT2D eigenvalue weighted by molar-refractivity contribution is -0.0568. The topological polar surface area (TPSA) is 133 Å². The molecular weight excluding hydrogens is 336 g/mol. The average Bonchev–Trinajstić information content (AvgIpc) is 2.90. The number of hydrogen-bond donors (Lipinski definition) is 4. The van der Waals surface area contributed by atoms with Gasteiger partial charge in [0, 0.05) is 0 Å². The van der Waals surface area contributed by atoms with Gasteiger partial charge in [0.1, 0.15) is 28.3 Å². The fourth-order valence-corrected chi connectivity index (χ4v) is 2.73. The minimum absolute atomic E-state index is 0.204. The lowest BCUT2D eigenvalue weighted by Crippen LogP contribution is -2.33. The Bertz CT molecular complexity index is 701. The van der Waals surface area contributed by atoms with E-state index in [0.717, 1.165) is 0 Å². The van der Waals surface area contributed by atoms with Crippen LogP contribution in [0.15, 0.2) is 15.7 Å². The molecule has 3 heterocycles. The largest absolute Gasteiger partial charge is 0.394 e. The van der Waals surface area contributed by atoms with Gasteiger partial charge < -0.3 is 25.0 Å². The first-order valence-corrected chi connectivity index (χ1v) is 6.57. The molecular formula is C10H11BrN4O5. The Morgan fingerprint density at radius 2 is 2.20 bits per heavy atom. The molecule has 2 aromatic heterocycles. The van der Waals surface area contributed by atoms with Crippen molar-refractivity contribution in [2.45, 2.75) is 24.5 Å². The van der Waals surface area contributed by atoms with E-state index in [9.17, 15) is 15.0 Å². The number of ether oxygens (including phenoxy) is 1. The van der Waals surface area contributed by atoms with E-state index in [4.69, 9.17) is 9.84 Å². The second-order valence-electron chi connectivity index (χ2n) is 4.39. The summed E-state index contributed by atoms with van der Waals surface area (Å²) in [6, 6.07) is 0. The quantitative estimate of drug-likeness (QED) is 0.519. The van der Waals surface area contributed by atoms with E-state index >= 15 is 0 Å². The molecule has 10 heteroatoms. The van der Waals surface area contributed by atoms with Crippen molar-refractivity contribution in [2.24, 2.45) is 0 Å². The summed E-state index contributed by atoms with van der Waals surface area (Å²) in [7, 11) is 0. The molecule has 0 aliphatic carbocycles. The van der Waals surface area contributed by atoms with Gasteiger partial charge in [0.25, 0.3) is 5.56 Å². The minimum atomic E-state index is -1.29. The van der Waals surface area contributed by atoms with Crippen molar-refractivity contribution in [3.05, 3.63) is 21.3 Å². The highest BCUT2D eigenvalue weighted by molar-refractivity contribution is 9.10. The third-order valence-corrected chi connectivity index (χ3v) is 3.77. The Hall–Kier alpha value is -1.33. The maximum absolute atomic E-state index is 11.7. The van der Waals surface area contributed by atoms with Crippen LogP contribution in [0.5, 0.6) is 0 Å². The highest BCUT2D eigenvalue weighted by atomic mass is 79.9. The number of halogens is 1. The summed E-state index contributed by atoms with van der Waals surface area (Å²) in [6.07, 6.45) is -3.29. The molecule has 1 aliphatic rings. The molecule has 1 aliphatic heterocycles. The van der Waals surface area contributed by atoms with Crippen LogP contribution < -0.4 is 5.56 Å². The summed E-state index contributed by atoms with van der Waals surface area (Å²) in [6.45, 7) is -0.441. The molecule has 1 saturated heterocycles. The van der Waals surface area contributed by atoms with E-state index in [-0.39, 0.29) is 21.2 Å². The fourth-order valence-electron chi connectivity index (χ4n) is 2.20. The molecule has 0 bridgehead atoms. The number of aromatic amines is 1. The van der Waals surface area contributed by atoms with Crippen LogP contribution >= 0.6 is 15.9 Å². The Balaban J connectivity index is 2.12. The minimum Gasteiger partial charge on any atom is -0.394 e. The molecule has 108 valence electrons. The second kappa shape index (κ2) is 4.90. The number of aliphatic hydroxyl groups excluding tert-OH is 3. The molecule has 2 aromatic rings. The van der Waals surface area contributed by atoms with E-state index in [0.29, 0.717) is 0 Å². The highest BCUT2D eigenvalue weighted by Crippen LogP contribution is 2.31. The summed E-state index contributed by atoms with van der Waals surface area (Å²) in [5, 5.41) is 33.1. The van der Waals surface area contributed by atoms with Gasteiger partial charge in [0.2, 0.25) is 0 Å². The number of aliphatic hydroxyl groups is 3. The van der Waals surface area contributed by atoms with Crippen LogP contribution in [-0.4, -0.2) is 60.0 Å². The van der Waals surface area contributed by atoms with Crippen molar-refractivity contribution in [1.29, 1.82) is 0 Å². The average molecular weight is 347 g/mol. The normalized spacial score (nSPS) is 30.2. The number of H-pyrrole nitrogens is 1. The SMILES string of the molecule is O=c1[nH]cnc2c1c(Br)nn2C1O[C@H](CO)[C@@H](O)[C@H]1O. The first-order chi connectivity index (χ1) is 9.54. The summed E-state index contributed by atoms with van der Waals surface area (Å²) in [4.78, 5) is 18.1. The molecule has 0 spiro atoms. The Labute approximate surface area is 120 Å². The van der Waals surface area contributed by atoms with E-state index in [1.165, 1.54) is 11.0 Å². The standard InChI is InChI=1S/C10H11BrN4O5/c11-7-4-8(12-2-13-9(4)19)15(14-7)10-6(18)5(17)3(1-16)20-10/h2-3,5-6,10,16-18H,1H2,(H,12,13,19)/t3-,5-,6-,10?/m1/s1. The Morgan fingerprint density at radius 1 is 1.45 bits per heavy atom. The van der Waals surface area contributed by atoms with Crippen molar-refractivity contribution in [3.8, 4) is 0 Å². The van der Waals surface area contributed by atoms with Gasteiger partial charge in [-0.3, -0.25) is 4.79 Å². The third kappa shape index (κ3) is 1.88. The molecule has 0 aromatic carbocycles. The third-order valence-electron chi connectivity index (χ3n) is 3.21. The van der Waals surface area contributed by atoms with Gasteiger partial charge in [-0.05, 0) is 15.9 Å². The molecule has 3 rings (SSSR count). The number of rotatable bonds is 2. The van der Waals surface area contributed by atoms with Crippen LogP contribution in [0, 0.1) is 0 Å². The molecule has 1 unspecified atom stereocenters. The van der Waals surface area contributed by atoms with E-state index in [2.05, 4.69) is 31.0 Å². The molecule has 0 saturated carbocycles. The van der Waals surface area contributed by atoms with Gasteiger partial charge in [-0.25, -0.2) is 9.67 Å². The predicted molar refractivity (Wildman–Crippen MR) is 68.9 cm³/mol. The maximum atomic E-state index is 11.7. The van der Waals surface area contributed by atoms with Crippen LogP contribution in [0.1, 0.15) is 6.23 Å². The van der Waals surface area contributed by atoms with Gasteiger partial charge in [-0.15, -0.1) is 0 Å². The van der Waals surface area contributed by atoms with Crippen molar-refractivity contribution < 1.29 is 20.1 Å². The zero-order valence-electron chi connectivity index (χ0n) is 9.97. The van der Waals surface area contributed by atoms with Gasteiger partial charge in [0.05, 0.1) is 12.9 Å². The molecule has 0 radical (unpaired) electrons. The summed E-state index contributed by atoms with van der Waals surface area (Å²) in [5.74, 6) is 0. The van der Waals surface area contributed by atoms with Crippen molar-refractivity contribution in [3.63, 3.8) is 0 Å². The number of nitrogens with zero attached hydrogens (tertiary/aromatic N) is 3. The van der Waals surface area contributed by atoms with E-state index in [1.807, 2.05) is 0 Å². The smallest absolute Gasteiger partial charge is 0.263 e. The van der Waals surface area contributed by atoms with Gasteiger partial charge in [-0.1, -0.05) is 0 Å².